The maximum absolute atomic E-state index is 5.86. The Balaban J connectivity index is 3.73. The van der Waals surface area contributed by atoms with E-state index >= 15 is 0 Å². The zero-order chi connectivity index (χ0) is 9.78. The van der Waals surface area contributed by atoms with Crippen LogP contribution < -0.4 is 0 Å². The molecule has 3 heteroatoms. The van der Waals surface area contributed by atoms with Gasteiger partial charge >= 0.3 is 0 Å². The quantitative estimate of drug-likeness (QED) is 0.514. The molecule has 12 heavy (non-hydrogen) atoms. The number of halogens is 1. The van der Waals surface area contributed by atoms with Crippen molar-refractivity contribution >= 4 is 33.2 Å². The lowest BCUT2D eigenvalue weighted by molar-refractivity contribution is 0.648. The molecular weight excluding hydrogens is 208 g/mol. The summed E-state index contributed by atoms with van der Waals surface area (Å²) in [6.07, 6.45) is 0. The van der Waals surface area contributed by atoms with E-state index in [0.29, 0.717) is 15.9 Å². The Labute approximate surface area is 89.6 Å². The standard InChI is InChI=1S/C9H19ClS2/c1-7(2)8(6-10)11-12-9(3,4)5/h7-8H,6H2,1-5H3. The summed E-state index contributed by atoms with van der Waals surface area (Å²) in [7, 11) is 3.85. The lowest BCUT2D eigenvalue weighted by Gasteiger charge is -2.22. The molecule has 0 saturated heterocycles. The zero-order valence-corrected chi connectivity index (χ0v) is 10.9. The first-order valence-electron chi connectivity index (χ1n) is 4.27. The molecule has 0 heterocycles. The minimum atomic E-state index is 0.337. The van der Waals surface area contributed by atoms with Gasteiger partial charge in [-0.1, -0.05) is 56.2 Å². The maximum atomic E-state index is 5.86. The molecule has 0 aliphatic carbocycles. The first-order valence-corrected chi connectivity index (χ1v) is 7.02. The van der Waals surface area contributed by atoms with Gasteiger partial charge in [0.05, 0.1) is 0 Å². The molecule has 0 saturated carbocycles. The van der Waals surface area contributed by atoms with Gasteiger partial charge in [0.1, 0.15) is 0 Å². The van der Waals surface area contributed by atoms with Gasteiger partial charge in [-0.25, -0.2) is 0 Å². The van der Waals surface area contributed by atoms with Crippen molar-refractivity contribution in [1.29, 1.82) is 0 Å². The van der Waals surface area contributed by atoms with Crippen molar-refractivity contribution in [1.82, 2.24) is 0 Å². The van der Waals surface area contributed by atoms with E-state index in [1.807, 2.05) is 21.6 Å². The van der Waals surface area contributed by atoms with Crippen LogP contribution in [0.3, 0.4) is 0 Å². The van der Waals surface area contributed by atoms with Crippen molar-refractivity contribution in [3.05, 3.63) is 0 Å². The van der Waals surface area contributed by atoms with Gasteiger partial charge in [-0.15, -0.1) is 11.6 Å². The van der Waals surface area contributed by atoms with E-state index in [1.165, 1.54) is 0 Å². The van der Waals surface area contributed by atoms with E-state index < -0.39 is 0 Å². The molecule has 0 aromatic heterocycles. The number of hydrogen-bond acceptors (Lipinski definition) is 2. The lowest BCUT2D eigenvalue weighted by atomic mass is 10.1. The third-order valence-corrected chi connectivity index (χ3v) is 5.92. The summed E-state index contributed by atoms with van der Waals surface area (Å²) in [6, 6.07) is 0. The van der Waals surface area contributed by atoms with E-state index in [-0.39, 0.29) is 0 Å². The van der Waals surface area contributed by atoms with Crippen LogP contribution in [0.5, 0.6) is 0 Å². The Morgan fingerprint density at radius 3 is 2.00 bits per heavy atom. The highest BCUT2D eigenvalue weighted by molar-refractivity contribution is 8.77. The molecule has 1 atom stereocenters. The first-order chi connectivity index (χ1) is 5.37. The summed E-state index contributed by atoms with van der Waals surface area (Å²) >= 11 is 5.86. The van der Waals surface area contributed by atoms with Crippen LogP contribution in [-0.2, 0) is 0 Å². The molecule has 0 nitrogen and oxygen atoms in total. The predicted octanol–water partition coefficient (Wildman–Crippen LogP) is 4.43. The number of alkyl halides is 1. The highest BCUT2D eigenvalue weighted by Crippen LogP contribution is 2.40. The SMILES string of the molecule is CC(C)C(CCl)SSC(C)(C)C. The van der Waals surface area contributed by atoms with Crippen LogP contribution in [-0.4, -0.2) is 15.9 Å². The van der Waals surface area contributed by atoms with Crippen LogP contribution in [0.25, 0.3) is 0 Å². The lowest BCUT2D eigenvalue weighted by Crippen LogP contribution is -2.14. The molecule has 0 aliphatic rings. The van der Waals surface area contributed by atoms with Crippen molar-refractivity contribution < 1.29 is 0 Å². The molecule has 74 valence electrons. The Morgan fingerprint density at radius 2 is 1.75 bits per heavy atom. The number of rotatable bonds is 4. The van der Waals surface area contributed by atoms with Gasteiger partial charge in [0.25, 0.3) is 0 Å². The van der Waals surface area contributed by atoms with Gasteiger partial charge in [-0.05, 0) is 5.92 Å². The van der Waals surface area contributed by atoms with Crippen molar-refractivity contribution in [2.24, 2.45) is 5.92 Å². The summed E-state index contributed by atoms with van der Waals surface area (Å²) in [4.78, 5) is 0. The van der Waals surface area contributed by atoms with Gasteiger partial charge < -0.3 is 0 Å². The van der Waals surface area contributed by atoms with Crippen LogP contribution in [0.2, 0.25) is 0 Å². The fraction of sp³-hybridized carbons (Fsp3) is 1.00. The maximum Gasteiger partial charge on any atom is 0.0353 e. The minimum Gasteiger partial charge on any atom is -0.125 e. The first kappa shape index (κ1) is 13.0. The molecule has 0 aromatic carbocycles. The van der Waals surface area contributed by atoms with Crippen molar-refractivity contribution in [3.8, 4) is 0 Å². The molecule has 0 aromatic rings. The summed E-state index contributed by atoms with van der Waals surface area (Å²) in [6.45, 7) is 11.1. The molecule has 0 spiro atoms. The molecule has 0 bridgehead atoms. The Hall–Kier alpha value is 0.990. The molecule has 0 rings (SSSR count). The monoisotopic (exact) mass is 226 g/mol. The smallest absolute Gasteiger partial charge is 0.0353 e. The van der Waals surface area contributed by atoms with Crippen LogP contribution in [0.1, 0.15) is 34.6 Å². The Morgan fingerprint density at radius 1 is 1.25 bits per heavy atom. The van der Waals surface area contributed by atoms with E-state index in [4.69, 9.17) is 11.6 Å². The van der Waals surface area contributed by atoms with Gasteiger partial charge in [0, 0.05) is 15.9 Å². The van der Waals surface area contributed by atoms with Gasteiger partial charge in [-0.2, -0.15) is 0 Å². The van der Waals surface area contributed by atoms with E-state index in [1.54, 1.807) is 0 Å². The van der Waals surface area contributed by atoms with Gasteiger partial charge in [0.2, 0.25) is 0 Å². The summed E-state index contributed by atoms with van der Waals surface area (Å²) in [5, 5.41) is 0.580. The second-order valence-corrected chi connectivity index (χ2v) is 7.80. The molecule has 0 amide bonds. The molecule has 0 radical (unpaired) electrons. The highest BCUT2D eigenvalue weighted by Gasteiger charge is 2.18. The molecule has 0 N–H and O–H groups in total. The second kappa shape index (κ2) is 5.66. The van der Waals surface area contributed by atoms with Crippen LogP contribution in [0, 0.1) is 5.92 Å². The van der Waals surface area contributed by atoms with Gasteiger partial charge in [-0.3, -0.25) is 0 Å². The average molecular weight is 227 g/mol. The minimum absolute atomic E-state index is 0.337. The summed E-state index contributed by atoms with van der Waals surface area (Å²) in [5.41, 5.74) is 0. The number of hydrogen-bond donors (Lipinski definition) is 0. The average Bonchev–Trinajstić information content (AvgIpc) is 1.85. The fourth-order valence-corrected chi connectivity index (χ4v) is 4.08. The Kier molecular flexibility index (Phi) is 6.13. The topological polar surface area (TPSA) is 0 Å². The third kappa shape index (κ3) is 6.50. The second-order valence-electron chi connectivity index (χ2n) is 4.23. The molecular formula is C9H19ClS2. The Bertz CT molecular complexity index is 118. The zero-order valence-electron chi connectivity index (χ0n) is 8.56. The largest absolute Gasteiger partial charge is 0.125 e. The molecule has 1 unspecified atom stereocenters. The summed E-state index contributed by atoms with van der Waals surface area (Å²) < 4.78 is 0.337. The molecule has 0 aliphatic heterocycles. The van der Waals surface area contributed by atoms with E-state index in [0.717, 1.165) is 5.88 Å². The summed E-state index contributed by atoms with van der Waals surface area (Å²) in [5.74, 6) is 1.42. The van der Waals surface area contributed by atoms with Crippen molar-refractivity contribution in [2.45, 2.75) is 44.6 Å². The fourth-order valence-electron chi connectivity index (χ4n) is 0.521. The van der Waals surface area contributed by atoms with E-state index in [9.17, 15) is 0 Å². The predicted molar refractivity (Wildman–Crippen MR) is 64.3 cm³/mol. The van der Waals surface area contributed by atoms with Crippen LogP contribution in [0.15, 0.2) is 0 Å². The highest BCUT2D eigenvalue weighted by atomic mass is 35.5. The third-order valence-electron chi connectivity index (χ3n) is 1.32. The van der Waals surface area contributed by atoms with Crippen molar-refractivity contribution in [2.75, 3.05) is 5.88 Å². The van der Waals surface area contributed by atoms with Crippen LogP contribution >= 0.6 is 33.2 Å². The van der Waals surface area contributed by atoms with E-state index in [2.05, 4.69) is 34.6 Å². The molecule has 0 fully saturated rings. The van der Waals surface area contributed by atoms with Crippen LogP contribution in [0.4, 0.5) is 0 Å². The normalized spacial score (nSPS) is 15.2. The van der Waals surface area contributed by atoms with Crippen molar-refractivity contribution in [3.63, 3.8) is 0 Å². The van der Waals surface area contributed by atoms with Gasteiger partial charge in [0.15, 0.2) is 0 Å².